The minimum Gasteiger partial charge on any atom is -0.372 e. The molecule has 0 spiro atoms. The summed E-state index contributed by atoms with van der Waals surface area (Å²) in [5.74, 6) is 1.11. The van der Waals surface area contributed by atoms with Crippen LogP contribution >= 0.6 is 0 Å². The molecule has 4 rings (SSSR count). The number of azo groups is 1. The second-order valence-corrected chi connectivity index (χ2v) is 7.17. The maximum atomic E-state index is 4.70. The largest absolute Gasteiger partial charge is 0.372 e. The van der Waals surface area contributed by atoms with Crippen LogP contribution in [-0.4, -0.2) is 22.5 Å². The summed E-state index contributed by atoms with van der Waals surface area (Å²) in [6.45, 7) is 6.57. The SMILES string of the molecule is CC(C)c1nc2ccccn2c1N=Nc1ccc(N2CCCCC2)cc1. The molecule has 0 amide bonds. The number of rotatable bonds is 4. The third-order valence-electron chi connectivity index (χ3n) is 4.91. The van der Waals surface area contributed by atoms with Crippen molar-refractivity contribution < 1.29 is 0 Å². The molecule has 3 heterocycles. The molecule has 26 heavy (non-hydrogen) atoms. The van der Waals surface area contributed by atoms with Crippen LogP contribution in [0.4, 0.5) is 17.2 Å². The molecule has 0 atom stereocenters. The number of nitrogens with zero attached hydrogens (tertiary/aromatic N) is 5. The Kier molecular flexibility index (Phi) is 4.69. The molecule has 1 aliphatic heterocycles. The molecular weight excluding hydrogens is 322 g/mol. The predicted octanol–water partition coefficient (Wildman–Crippen LogP) is 5.86. The first-order valence-corrected chi connectivity index (χ1v) is 9.46. The minimum absolute atomic E-state index is 0.297. The number of imidazole rings is 1. The fraction of sp³-hybridized carbons (Fsp3) is 0.381. The van der Waals surface area contributed by atoms with Gasteiger partial charge in [-0.3, -0.25) is 4.40 Å². The van der Waals surface area contributed by atoms with E-state index in [-0.39, 0.29) is 0 Å². The van der Waals surface area contributed by atoms with Crippen molar-refractivity contribution in [2.24, 2.45) is 10.2 Å². The smallest absolute Gasteiger partial charge is 0.183 e. The van der Waals surface area contributed by atoms with Gasteiger partial charge in [-0.2, -0.15) is 0 Å². The Bertz CT molecular complexity index is 902. The fourth-order valence-electron chi connectivity index (χ4n) is 3.48. The number of benzene rings is 1. The van der Waals surface area contributed by atoms with E-state index < -0.39 is 0 Å². The molecule has 2 aromatic heterocycles. The Morgan fingerprint density at radius 1 is 0.923 bits per heavy atom. The standard InChI is InChI=1S/C21H25N5/c1-16(2)20-21(26-15-7-4-8-19(26)22-20)24-23-17-9-11-18(12-10-17)25-13-5-3-6-14-25/h4,7-12,15-16H,3,5-6,13-14H2,1-2H3. The lowest BCUT2D eigenvalue weighted by atomic mass is 10.1. The van der Waals surface area contributed by atoms with Gasteiger partial charge in [-0.05, 0) is 61.6 Å². The van der Waals surface area contributed by atoms with E-state index in [0.29, 0.717) is 5.92 Å². The highest BCUT2D eigenvalue weighted by Gasteiger charge is 2.14. The van der Waals surface area contributed by atoms with Gasteiger partial charge in [0.2, 0.25) is 0 Å². The van der Waals surface area contributed by atoms with E-state index in [9.17, 15) is 0 Å². The van der Waals surface area contributed by atoms with Crippen molar-refractivity contribution >= 4 is 22.8 Å². The van der Waals surface area contributed by atoms with Crippen LogP contribution < -0.4 is 4.90 Å². The first-order valence-electron chi connectivity index (χ1n) is 9.46. The number of pyridine rings is 1. The Labute approximate surface area is 154 Å². The third kappa shape index (κ3) is 3.34. The highest BCUT2D eigenvalue weighted by Crippen LogP contribution is 2.30. The molecule has 134 valence electrons. The monoisotopic (exact) mass is 347 g/mol. The number of fused-ring (bicyclic) bond motifs is 1. The van der Waals surface area contributed by atoms with E-state index in [1.54, 1.807) is 0 Å². The second kappa shape index (κ2) is 7.28. The van der Waals surface area contributed by atoms with Crippen LogP contribution in [0.15, 0.2) is 58.9 Å². The number of hydrogen-bond donors (Lipinski definition) is 0. The van der Waals surface area contributed by atoms with E-state index in [1.165, 1.54) is 24.9 Å². The van der Waals surface area contributed by atoms with Gasteiger partial charge in [-0.25, -0.2) is 4.98 Å². The van der Waals surface area contributed by atoms with Gasteiger partial charge in [-0.15, -0.1) is 10.2 Å². The maximum Gasteiger partial charge on any atom is 0.183 e. The first-order chi connectivity index (χ1) is 12.7. The molecule has 1 fully saturated rings. The molecule has 5 nitrogen and oxygen atoms in total. The summed E-state index contributed by atoms with van der Waals surface area (Å²) in [5.41, 5.74) is 4.03. The van der Waals surface area contributed by atoms with Crippen LogP contribution in [0.5, 0.6) is 0 Å². The van der Waals surface area contributed by atoms with Gasteiger partial charge in [0.1, 0.15) is 5.65 Å². The average molecular weight is 347 g/mol. The molecule has 0 N–H and O–H groups in total. The van der Waals surface area contributed by atoms with Crippen LogP contribution in [0.2, 0.25) is 0 Å². The topological polar surface area (TPSA) is 45.3 Å². The maximum absolute atomic E-state index is 4.70. The van der Waals surface area contributed by atoms with Gasteiger partial charge in [0.05, 0.1) is 11.4 Å². The molecule has 1 saturated heterocycles. The molecule has 3 aromatic rings. The van der Waals surface area contributed by atoms with Gasteiger partial charge in [0, 0.05) is 25.0 Å². The van der Waals surface area contributed by atoms with Crippen molar-refractivity contribution in [3.63, 3.8) is 0 Å². The molecule has 0 bridgehead atoms. The fourth-order valence-corrected chi connectivity index (χ4v) is 3.48. The lowest BCUT2D eigenvalue weighted by molar-refractivity contribution is 0.578. The van der Waals surface area contributed by atoms with Gasteiger partial charge >= 0.3 is 0 Å². The van der Waals surface area contributed by atoms with Gasteiger partial charge in [0.25, 0.3) is 0 Å². The van der Waals surface area contributed by atoms with E-state index in [1.807, 2.05) is 40.9 Å². The van der Waals surface area contributed by atoms with Crippen LogP contribution in [0.3, 0.4) is 0 Å². The zero-order chi connectivity index (χ0) is 17.9. The Morgan fingerprint density at radius 2 is 1.69 bits per heavy atom. The Balaban J connectivity index is 1.60. The van der Waals surface area contributed by atoms with E-state index >= 15 is 0 Å². The molecule has 0 unspecified atom stereocenters. The van der Waals surface area contributed by atoms with Crippen LogP contribution in [0, 0.1) is 0 Å². The summed E-state index contributed by atoms with van der Waals surface area (Å²) < 4.78 is 2.00. The number of hydrogen-bond acceptors (Lipinski definition) is 4. The molecular formula is C21H25N5. The summed E-state index contributed by atoms with van der Waals surface area (Å²) in [4.78, 5) is 7.15. The predicted molar refractivity (Wildman–Crippen MR) is 106 cm³/mol. The molecule has 0 aliphatic carbocycles. The van der Waals surface area contributed by atoms with Crippen molar-refractivity contribution in [3.8, 4) is 0 Å². The summed E-state index contributed by atoms with van der Waals surface area (Å²) >= 11 is 0. The van der Waals surface area contributed by atoms with Crippen molar-refractivity contribution in [1.82, 2.24) is 9.38 Å². The lowest BCUT2D eigenvalue weighted by Gasteiger charge is -2.28. The molecule has 1 aliphatic rings. The third-order valence-corrected chi connectivity index (χ3v) is 4.91. The lowest BCUT2D eigenvalue weighted by Crippen LogP contribution is -2.29. The number of anilines is 1. The quantitative estimate of drug-likeness (QED) is 0.555. The summed E-state index contributed by atoms with van der Waals surface area (Å²) in [6, 6.07) is 14.4. The first kappa shape index (κ1) is 16.8. The normalized spacial score (nSPS) is 15.4. The highest BCUT2D eigenvalue weighted by molar-refractivity contribution is 5.55. The second-order valence-electron chi connectivity index (χ2n) is 7.17. The zero-order valence-electron chi connectivity index (χ0n) is 15.5. The number of piperidine rings is 1. The Hall–Kier alpha value is -2.69. The molecule has 0 radical (unpaired) electrons. The average Bonchev–Trinajstić information content (AvgIpc) is 3.06. The molecule has 5 heteroatoms. The van der Waals surface area contributed by atoms with E-state index in [4.69, 9.17) is 4.98 Å². The molecule has 0 saturated carbocycles. The van der Waals surface area contributed by atoms with Crippen LogP contribution in [0.1, 0.15) is 44.7 Å². The Morgan fingerprint density at radius 3 is 2.42 bits per heavy atom. The summed E-state index contributed by atoms with van der Waals surface area (Å²) in [6.07, 6.45) is 5.91. The highest BCUT2D eigenvalue weighted by atomic mass is 15.2. The van der Waals surface area contributed by atoms with E-state index in [2.05, 4.69) is 41.1 Å². The van der Waals surface area contributed by atoms with Gasteiger partial charge in [0.15, 0.2) is 5.82 Å². The van der Waals surface area contributed by atoms with Crippen LogP contribution in [0.25, 0.3) is 5.65 Å². The van der Waals surface area contributed by atoms with E-state index in [0.717, 1.165) is 35.9 Å². The number of aromatic nitrogens is 2. The van der Waals surface area contributed by atoms with Crippen LogP contribution in [-0.2, 0) is 0 Å². The zero-order valence-corrected chi connectivity index (χ0v) is 15.5. The van der Waals surface area contributed by atoms with Crippen molar-refractivity contribution in [2.45, 2.75) is 39.0 Å². The summed E-state index contributed by atoms with van der Waals surface area (Å²) in [5, 5.41) is 9.01. The van der Waals surface area contributed by atoms with Crippen molar-refractivity contribution in [1.29, 1.82) is 0 Å². The minimum atomic E-state index is 0.297. The van der Waals surface area contributed by atoms with Crippen molar-refractivity contribution in [2.75, 3.05) is 18.0 Å². The van der Waals surface area contributed by atoms with Gasteiger partial charge in [-0.1, -0.05) is 19.9 Å². The van der Waals surface area contributed by atoms with Gasteiger partial charge < -0.3 is 4.90 Å². The summed E-state index contributed by atoms with van der Waals surface area (Å²) in [7, 11) is 0. The molecule has 1 aromatic carbocycles. The van der Waals surface area contributed by atoms with Crippen molar-refractivity contribution in [3.05, 3.63) is 54.4 Å².